The molecule has 1 fully saturated rings. The molecule has 0 aromatic heterocycles. The average molecular weight is 612 g/mol. The number of hydrogen-bond acceptors (Lipinski definition) is 8. The number of methoxy groups -OCH3 is 1. The Kier molecular flexibility index (Phi) is 11.4. The van der Waals surface area contributed by atoms with Crippen molar-refractivity contribution in [3.63, 3.8) is 0 Å². The summed E-state index contributed by atoms with van der Waals surface area (Å²) in [7, 11) is 1.55. The molecule has 0 aliphatic carbocycles. The van der Waals surface area contributed by atoms with Crippen molar-refractivity contribution >= 4 is 46.7 Å². The highest BCUT2D eigenvalue weighted by Crippen LogP contribution is 2.46. The van der Waals surface area contributed by atoms with Gasteiger partial charge in [0.1, 0.15) is 5.75 Å². The van der Waals surface area contributed by atoms with E-state index in [2.05, 4.69) is 46.3 Å². The molecule has 8 nitrogen and oxygen atoms in total. The smallest absolute Gasteiger partial charge is 0.308 e. The van der Waals surface area contributed by atoms with E-state index in [9.17, 15) is 14.7 Å². The van der Waals surface area contributed by atoms with E-state index in [0.29, 0.717) is 27.0 Å². The van der Waals surface area contributed by atoms with Crippen molar-refractivity contribution in [2.24, 2.45) is 0 Å². The number of carboxylic acids is 1. The Hall–Kier alpha value is -3.40. The monoisotopic (exact) mass is 611 g/mol. The molecule has 0 atom stereocenters. The minimum absolute atomic E-state index is 0.0876. The fourth-order valence-corrected chi connectivity index (χ4v) is 6.29. The van der Waals surface area contributed by atoms with Crippen molar-refractivity contribution in [1.29, 1.82) is 0 Å². The third-order valence-corrected chi connectivity index (χ3v) is 8.51. The van der Waals surface area contributed by atoms with Crippen molar-refractivity contribution in [3.05, 3.63) is 70.7 Å². The molecular weight excluding hydrogens is 574 g/mol. The van der Waals surface area contributed by atoms with Crippen molar-refractivity contribution in [2.75, 3.05) is 56.6 Å². The molecule has 1 heterocycles. The van der Waals surface area contributed by atoms with Crippen LogP contribution in [0.5, 0.6) is 11.5 Å². The second-order valence-corrected chi connectivity index (χ2v) is 11.7. The topological polar surface area (TPSA) is 91.3 Å². The van der Waals surface area contributed by atoms with Crippen LogP contribution in [0.1, 0.15) is 30.9 Å². The lowest BCUT2D eigenvalue weighted by molar-refractivity contribution is -0.137. The van der Waals surface area contributed by atoms with Crippen LogP contribution in [-0.4, -0.2) is 68.3 Å². The molecule has 4 rings (SSSR count). The number of aliphatic carboxylic acids is 1. The minimum atomic E-state index is -0.928. The molecule has 0 spiro atoms. The van der Waals surface area contributed by atoms with Gasteiger partial charge >= 0.3 is 11.9 Å². The Morgan fingerprint density at radius 1 is 1.05 bits per heavy atom. The fraction of sp³-hybridized carbons (Fsp3) is 0.375. The van der Waals surface area contributed by atoms with E-state index in [4.69, 9.17) is 21.1 Å². The van der Waals surface area contributed by atoms with Gasteiger partial charge in [-0.1, -0.05) is 47.1 Å². The SMILES string of the molecule is COc1ccc(CCC(=O)O)c(OC(C)=O)c1Sc1cc(Cl)ccc1NCCCN1CCN(c2ccc(C)cc2)CC1. The standard InChI is InChI=1S/C32H38ClN3O5S/c1-22-5-10-26(11-6-22)36-19-17-35(18-20-36)16-4-15-34-27-12-9-25(33)21-29(27)42-32-28(40-3)13-7-24(8-14-30(38)39)31(32)41-23(2)37/h5-7,9-13,21,34H,4,8,14-20H2,1-3H3,(H,38,39). The number of nitrogens with one attached hydrogen (secondary N) is 1. The molecule has 42 heavy (non-hydrogen) atoms. The summed E-state index contributed by atoms with van der Waals surface area (Å²) < 4.78 is 11.2. The van der Waals surface area contributed by atoms with E-state index < -0.39 is 11.9 Å². The number of hydrogen-bond donors (Lipinski definition) is 2. The highest BCUT2D eigenvalue weighted by Gasteiger charge is 2.21. The molecule has 0 unspecified atom stereocenters. The third kappa shape index (κ3) is 8.80. The second-order valence-electron chi connectivity index (χ2n) is 10.3. The summed E-state index contributed by atoms with van der Waals surface area (Å²) >= 11 is 7.76. The number of carbonyl (C=O) groups excluding carboxylic acids is 1. The first-order valence-electron chi connectivity index (χ1n) is 14.1. The second kappa shape index (κ2) is 15.2. The maximum atomic E-state index is 12.0. The summed E-state index contributed by atoms with van der Waals surface area (Å²) in [6, 6.07) is 17.9. The summed E-state index contributed by atoms with van der Waals surface area (Å²) in [6.07, 6.45) is 1.11. The Bertz CT molecular complexity index is 1380. The van der Waals surface area contributed by atoms with Gasteiger partial charge in [-0.2, -0.15) is 0 Å². The van der Waals surface area contributed by atoms with Crippen LogP contribution in [0.4, 0.5) is 11.4 Å². The Morgan fingerprint density at radius 3 is 2.45 bits per heavy atom. The number of esters is 1. The van der Waals surface area contributed by atoms with Crippen LogP contribution in [0.2, 0.25) is 5.02 Å². The zero-order chi connectivity index (χ0) is 30.1. The maximum Gasteiger partial charge on any atom is 0.308 e. The molecule has 10 heteroatoms. The maximum absolute atomic E-state index is 12.0. The zero-order valence-electron chi connectivity index (χ0n) is 24.3. The van der Waals surface area contributed by atoms with Crippen molar-refractivity contribution in [1.82, 2.24) is 4.90 Å². The van der Waals surface area contributed by atoms with Crippen LogP contribution in [-0.2, 0) is 16.0 Å². The van der Waals surface area contributed by atoms with E-state index in [1.165, 1.54) is 29.9 Å². The van der Waals surface area contributed by atoms with Gasteiger partial charge in [0.15, 0.2) is 5.75 Å². The summed E-state index contributed by atoms with van der Waals surface area (Å²) in [5.74, 6) is -0.594. The fourth-order valence-electron chi connectivity index (χ4n) is 4.88. The molecule has 1 aliphatic heterocycles. The highest BCUT2D eigenvalue weighted by molar-refractivity contribution is 7.99. The zero-order valence-corrected chi connectivity index (χ0v) is 25.9. The summed E-state index contributed by atoms with van der Waals surface area (Å²) in [4.78, 5) is 29.6. The lowest BCUT2D eigenvalue weighted by Crippen LogP contribution is -2.46. The number of carboxylic acid groups (broad SMARTS) is 1. The first kappa shape index (κ1) is 31.5. The molecule has 3 aromatic carbocycles. The van der Waals surface area contributed by atoms with Crippen LogP contribution < -0.4 is 19.7 Å². The number of piperazine rings is 1. The molecule has 224 valence electrons. The molecule has 1 saturated heterocycles. The van der Waals surface area contributed by atoms with Gasteiger partial charge in [0, 0.05) is 67.4 Å². The lowest BCUT2D eigenvalue weighted by atomic mass is 10.1. The molecule has 1 aliphatic rings. The van der Waals surface area contributed by atoms with Crippen molar-refractivity contribution < 1.29 is 24.2 Å². The van der Waals surface area contributed by atoms with Crippen molar-refractivity contribution in [3.8, 4) is 11.5 Å². The van der Waals surface area contributed by atoms with E-state index in [0.717, 1.165) is 56.3 Å². The summed E-state index contributed by atoms with van der Waals surface area (Å²) in [5, 5.41) is 13.3. The Balaban J connectivity index is 1.40. The molecule has 0 saturated carbocycles. The number of ether oxygens (including phenoxy) is 2. The Labute approximate surface area is 256 Å². The lowest BCUT2D eigenvalue weighted by Gasteiger charge is -2.36. The van der Waals surface area contributed by atoms with Gasteiger partial charge in [-0.15, -0.1) is 0 Å². The molecule has 0 bridgehead atoms. The number of halogens is 1. The van der Waals surface area contributed by atoms with E-state index >= 15 is 0 Å². The first-order chi connectivity index (χ1) is 20.2. The number of carbonyl (C=O) groups is 2. The largest absolute Gasteiger partial charge is 0.495 e. The minimum Gasteiger partial charge on any atom is -0.495 e. The highest BCUT2D eigenvalue weighted by atomic mass is 35.5. The quantitative estimate of drug-likeness (QED) is 0.130. The molecule has 0 amide bonds. The average Bonchev–Trinajstić information content (AvgIpc) is 2.97. The van der Waals surface area contributed by atoms with Gasteiger partial charge in [-0.05, 0) is 68.3 Å². The number of anilines is 2. The van der Waals surface area contributed by atoms with Gasteiger partial charge < -0.3 is 24.8 Å². The number of aryl methyl sites for hydroxylation is 2. The van der Waals surface area contributed by atoms with Gasteiger partial charge in [-0.3, -0.25) is 14.5 Å². The third-order valence-electron chi connectivity index (χ3n) is 7.13. The van der Waals surface area contributed by atoms with Gasteiger partial charge in [0.05, 0.1) is 12.0 Å². The van der Waals surface area contributed by atoms with E-state index in [1.807, 2.05) is 18.2 Å². The van der Waals surface area contributed by atoms with Gasteiger partial charge in [0.2, 0.25) is 0 Å². The van der Waals surface area contributed by atoms with Crippen LogP contribution in [0.25, 0.3) is 0 Å². The molecule has 0 radical (unpaired) electrons. The molecular formula is C32H38ClN3O5S. The van der Waals surface area contributed by atoms with Gasteiger partial charge in [-0.25, -0.2) is 0 Å². The van der Waals surface area contributed by atoms with Gasteiger partial charge in [0.25, 0.3) is 0 Å². The number of rotatable bonds is 13. The predicted octanol–water partition coefficient (Wildman–Crippen LogP) is 6.37. The predicted molar refractivity (Wildman–Crippen MR) is 169 cm³/mol. The molecule has 3 aromatic rings. The number of benzene rings is 3. The van der Waals surface area contributed by atoms with E-state index in [-0.39, 0.29) is 12.8 Å². The Morgan fingerprint density at radius 2 is 1.79 bits per heavy atom. The normalized spacial score (nSPS) is 13.6. The summed E-state index contributed by atoms with van der Waals surface area (Å²) in [5.41, 5.74) is 4.09. The number of nitrogens with zero attached hydrogens (tertiary/aromatic N) is 2. The van der Waals surface area contributed by atoms with Crippen molar-refractivity contribution in [2.45, 2.75) is 42.9 Å². The van der Waals surface area contributed by atoms with Crippen LogP contribution in [0, 0.1) is 6.92 Å². The summed E-state index contributed by atoms with van der Waals surface area (Å²) in [6.45, 7) is 9.32. The van der Waals surface area contributed by atoms with Crippen LogP contribution >= 0.6 is 23.4 Å². The van der Waals surface area contributed by atoms with Crippen LogP contribution in [0.3, 0.4) is 0 Å². The van der Waals surface area contributed by atoms with E-state index in [1.54, 1.807) is 19.2 Å². The first-order valence-corrected chi connectivity index (χ1v) is 15.3. The van der Waals surface area contributed by atoms with Crippen LogP contribution in [0.15, 0.2) is 64.4 Å². The molecule has 2 N–H and O–H groups in total.